The van der Waals surface area contributed by atoms with E-state index in [4.69, 9.17) is 24.1 Å². The van der Waals surface area contributed by atoms with Gasteiger partial charge in [0.2, 0.25) is 5.91 Å². The third-order valence-electron chi connectivity index (χ3n) is 9.12. The first kappa shape index (κ1) is 52.1. The van der Waals surface area contributed by atoms with Gasteiger partial charge in [0.15, 0.2) is 5.78 Å². The van der Waals surface area contributed by atoms with Crippen LogP contribution in [0.3, 0.4) is 0 Å². The van der Waals surface area contributed by atoms with Gasteiger partial charge in [-0.15, -0.1) is 0 Å². The minimum absolute atomic E-state index is 0.0333. The molecule has 0 spiro atoms. The molecule has 320 valence electrons. The summed E-state index contributed by atoms with van der Waals surface area (Å²) >= 11 is 0. The number of hydrogen-bond acceptors (Lipinski definition) is 10. The number of carbonyl (C=O) groups excluding carboxylic acids is 3. The zero-order valence-corrected chi connectivity index (χ0v) is 34.2. The van der Waals surface area contributed by atoms with E-state index in [9.17, 15) is 29.1 Å². The van der Waals surface area contributed by atoms with Gasteiger partial charge < -0.3 is 39.8 Å². The number of hydrogen-bond donors (Lipinski definition) is 4. The number of nitrogens with one attached hydrogen (secondary N) is 2. The van der Waals surface area contributed by atoms with E-state index in [1.165, 1.54) is 71.1 Å². The van der Waals surface area contributed by atoms with Crippen molar-refractivity contribution in [2.45, 2.75) is 155 Å². The normalized spacial score (nSPS) is 11.7. The molecular weight excluding hydrogens is 708 g/mol. The molecule has 0 aromatic heterocycles. The summed E-state index contributed by atoms with van der Waals surface area (Å²) < 4.78 is 21.5. The van der Waals surface area contributed by atoms with Gasteiger partial charge in [0, 0.05) is 51.3 Å². The fourth-order valence-corrected chi connectivity index (χ4v) is 5.92. The van der Waals surface area contributed by atoms with Crippen molar-refractivity contribution in [3.05, 3.63) is 12.3 Å². The average molecular weight is 785 g/mol. The molecule has 0 saturated heterocycles. The number of unbranched alkanes of at least 4 members (excludes halogenated alkanes) is 15. The molecule has 0 bridgehead atoms. The first-order chi connectivity index (χ1) is 26.6. The minimum atomic E-state index is -0.927. The number of carboxylic acid groups (broad SMARTS) is 2. The molecule has 0 aliphatic carbocycles. The molecule has 55 heavy (non-hydrogen) atoms. The Morgan fingerprint density at radius 3 is 1.42 bits per heavy atom. The molecule has 0 fully saturated rings. The summed E-state index contributed by atoms with van der Waals surface area (Å²) in [7, 11) is 0. The molecule has 0 aromatic carbocycles. The van der Waals surface area contributed by atoms with Crippen LogP contribution < -0.4 is 10.6 Å². The van der Waals surface area contributed by atoms with Crippen LogP contribution in [0.15, 0.2) is 12.3 Å². The number of Topliss-reactive ketones (excluding diaryl/α,β-unsaturated/α-hetero) is 2. The number of rotatable bonds is 44. The molecule has 0 aliphatic heterocycles. The van der Waals surface area contributed by atoms with Gasteiger partial charge >= 0.3 is 11.9 Å². The van der Waals surface area contributed by atoms with Gasteiger partial charge in [-0.1, -0.05) is 96.5 Å². The Balaban J connectivity index is 3.58. The fraction of sp³-hybridized carbons (Fsp3) is 0.833. The molecule has 1 amide bonds. The zero-order valence-electron chi connectivity index (χ0n) is 34.2. The smallest absolute Gasteiger partial charge is 0.306 e. The van der Waals surface area contributed by atoms with E-state index in [1.807, 2.05) is 0 Å². The van der Waals surface area contributed by atoms with E-state index in [2.05, 4.69) is 17.2 Å². The highest BCUT2D eigenvalue weighted by Crippen LogP contribution is 2.18. The molecule has 0 aromatic rings. The maximum Gasteiger partial charge on any atom is 0.306 e. The summed E-state index contributed by atoms with van der Waals surface area (Å²) in [5.41, 5.74) is 0.765. The van der Waals surface area contributed by atoms with Crippen LogP contribution in [0.4, 0.5) is 0 Å². The van der Waals surface area contributed by atoms with Crippen LogP contribution >= 0.6 is 0 Å². The predicted molar refractivity (Wildman–Crippen MR) is 214 cm³/mol. The highest BCUT2D eigenvalue weighted by Gasteiger charge is 2.21. The molecule has 13 heteroatoms. The minimum Gasteiger partial charge on any atom is -0.481 e. The van der Waals surface area contributed by atoms with Crippen LogP contribution in [0.5, 0.6) is 0 Å². The quantitative estimate of drug-likeness (QED) is 0.0457. The molecule has 0 heterocycles. The number of amides is 1. The molecule has 0 rings (SSSR count). The molecule has 0 radical (unpaired) electrons. The Hall–Kier alpha value is -2.87. The van der Waals surface area contributed by atoms with Crippen LogP contribution in [0.1, 0.15) is 155 Å². The van der Waals surface area contributed by atoms with Gasteiger partial charge in [0.25, 0.3) is 0 Å². The first-order valence-corrected chi connectivity index (χ1v) is 21.1. The van der Waals surface area contributed by atoms with E-state index in [0.29, 0.717) is 84.8 Å². The van der Waals surface area contributed by atoms with Crippen molar-refractivity contribution in [2.75, 3.05) is 65.9 Å². The Labute approximate surface area is 331 Å². The summed E-state index contributed by atoms with van der Waals surface area (Å²) in [6, 6.07) is 0. The molecule has 13 nitrogen and oxygen atoms in total. The molecule has 0 unspecified atom stereocenters. The Morgan fingerprint density at radius 2 is 0.964 bits per heavy atom. The van der Waals surface area contributed by atoms with Crippen molar-refractivity contribution in [3.8, 4) is 0 Å². The zero-order chi connectivity index (χ0) is 40.6. The van der Waals surface area contributed by atoms with Gasteiger partial charge in [-0.05, 0) is 45.4 Å². The topological polar surface area (TPSA) is 187 Å². The summed E-state index contributed by atoms with van der Waals surface area (Å²) in [5.74, 6) is -2.66. The van der Waals surface area contributed by atoms with E-state index in [0.717, 1.165) is 50.6 Å². The second-order valence-electron chi connectivity index (χ2n) is 14.5. The molecule has 0 aliphatic rings. The van der Waals surface area contributed by atoms with Gasteiger partial charge in [-0.3, -0.25) is 24.0 Å². The second kappa shape index (κ2) is 39.4. The summed E-state index contributed by atoms with van der Waals surface area (Å²) in [6.07, 6.45) is 21.7. The number of carboxylic acids is 2. The Kier molecular flexibility index (Phi) is 37.3. The first-order valence-electron chi connectivity index (χ1n) is 21.1. The van der Waals surface area contributed by atoms with Crippen LogP contribution in [0.25, 0.3) is 0 Å². The van der Waals surface area contributed by atoms with Crippen LogP contribution in [0, 0.1) is 5.92 Å². The lowest BCUT2D eigenvalue weighted by molar-refractivity contribution is -0.144. The third-order valence-corrected chi connectivity index (χ3v) is 9.12. The highest BCUT2D eigenvalue weighted by atomic mass is 16.5. The Morgan fingerprint density at radius 1 is 0.527 bits per heavy atom. The van der Waals surface area contributed by atoms with Crippen molar-refractivity contribution in [1.82, 2.24) is 10.6 Å². The summed E-state index contributed by atoms with van der Waals surface area (Å²) in [5, 5.41) is 24.2. The van der Waals surface area contributed by atoms with Crippen molar-refractivity contribution in [3.63, 3.8) is 0 Å². The summed E-state index contributed by atoms with van der Waals surface area (Å²) in [4.78, 5) is 57.1. The number of ketones is 2. The summed E-state index contributed by atoms with van der Waals surface area (Å²) in [6.45, 7) is 9.23. The van der Waals surface area contributed by atoms with E-state index in [-0.39, 0.29) is 37.1 Å². The second-order valence-corrected chi connectivity index (χ2v) is 14.5. The van der Waals surface area contributed by atoms with E-state index >= 15 is 0 Å². The lowest BCUT2D eigenvalue weighted by Crippen LogP contribution is -2.29. The monoisotopic (exact) mass is 785 g/mol. The van der Waals surface area contributed by atoms with Gasteiger partial charge in [-0.2, -0.15) is 0 Å². The largest absolute Gasteiger partial charge is 0.481 e. The highest BCUT2D eigenvalue weighted by molar-refractivity contribution is 5.83. The average Bonchev–Trinajstić information content (AvgIpc) is 3.13. The third kappa shape index (κ3) is 40.6. The molecule has 1 atom stereocenters. The number of ether oxygens (including phenoxy) is 4. The standard InChI is InChI=1S/C42H76N2O11/c1-36(43-25-19-27-52-29-31-54-32-30-53-28-20-26-44-40(47)35-55-34-37(2)45)23-24-38(42(50)51)33-39(46)21-17-15-13-11-9-7-5-3-4-6-8-10-12-14-16-18-22-41(48)49/h38,43H,1,3-35H2,2H3,(H,44,47)(H,48,49)(H,50,51)/t38-/m0/s1. The SMILES string of the molecule is C=C(CC[C@@H](CC(=O)CCCCCCCCCCCCCCCCCCC(=O)O)C(=O)O)NCCCOCCOCCOCCCNC(=O)COCC(C)=O. The lowest BCUT2D eigenvalue weighted by atomic mass is 9.94. The molecular formula is C42H76N2O11. The van der Waals surface area contributed by atoms with E-state index < -0.39 is 17.9 Å². The van der Waals surface area contributed by atoms with Crippen LogP contribution in [-0.2, 0) is 42.9 Å². The van der Waals surface area contributed by atoms with Gasteiger partial charge in [0.05, 0.1) is 32.3 Å². The number of allylic oxidation sites excluding steroid dienone is 1. The number of carbonyl (C=O) groups is 5. The van der Waals surface area contributed by atoms with Gasteiger partial charge in [-0.25, -0.2) is 0 Å². The van der Waals surface area contributed by atoms with Crippen molar-refractivity contribution in [2.24, 2.45) is 5.92 Å². The number of aliphatic carboxylic acids is 2. The van der Waals surface area contributed by atoms with Crippen LogP contribution in [-0.4, -0.2) is 106 Å². The molecule has 0 saturated carbocycles. The predicted octanol–water partition coefficient (Wildman–Crippen LogP) is 7.19. The maximum atomic E-state index is 12.5. The van der Waals surface area contributed by atoms with Crippen molar-refractivity contribution in [1.29, 1.82) is 0 Å². The lowest BCUT2D eigenvalue weighted by Gasteiger charge is -2.14. The van der Waals surface area contributed by atoms with Crippen molar-refractivity contribution < 1.29 is 53.1 Å². The van der Waals surface area contributed by atoms with E-state index in [1.54, 1.807) is 0 Å². The Bertz CT molecular complexity index is 1010. The van der Waals surface area contributed by atoms with Gasteiger partial charge in [0.1, 0.15) is 19.0 Å². The maximum absolute atomic E-state index is 12.5. The van der Waals surface area contributed by atoms with Crippen LogP contribution in [0.2, 0.25) is 0 Å². The fourth-order valence-electron chi connectivity index (χ4n) is 5.92. The van der Waals surface area contributed by atoms with Crippen molar-refractivity contribution >= 4 is 29.4 Å². The molecule has 4 N–H and O–H groups in total.